The molecular weight excluding hydrogens is 148 g/mol. The van der Waals surface area contributed by atoms with E-state index >= 15 is 0 Å². The number of hydrogen-bond acceptors (Lipinski definition) is 1. The zero-order valence-corrected chi connectivity index (χ0v) is 7.24. The molecule has 0 aromatic carbocycles. The summed E-state index contributed by atoms with van der Waals surface area (Å²) >= 11 is 5.82. The normalized spacial score (nSPS) is 10.4. The van der Waals surface area contributed by atoms with E-state index in [4.69, 9.17) is 11.6 Å². The SMILES string of the molecule is CCc1c(Cl)nn(C)c1C. The Morgan fingerprint density at radius 2 is 2.20 bits per heavy atom. The molecule has 0 unspecified atom stereocenters. The zero-order chi connectivity index (χ0) is 7.72. The maximum atomic E-state index is 5.82. The fraction of sp³-hybridized carbons (Fsp3) is 0.571. The molecule has 0 saturated carbocycles. The van der Waals surface area contributed by atoms with Gasteiger partial charge in [-0.1, -0.05) is 18.5 Å². The van der Waals surface area contributed by atoms with Crippen molar-refractivity contribution in [2.24, 2.45) is 7.05 Å². The van der Waals surface area contributed by atoms with Gasteiger partial charge in [-0.3, -0.25) is 4.68 Å². The summed E-state index contributed by atoms with van der Waals surface area (Å²) in [7, 11) is 1.90. The molecule has 2 nitrogen and oxygen atoms in total. The molecule has 0 aliphatic heterocycles. The summed E-state index contributed by atoms with van der Waals surface area (Å²) in [6, 6.07) is 0. The summed E-state index contributed by atoms with van der Waals surface area (Å²) in [6.07, 6.45) is 0.957. The van der Waals surface area contributed by atoms with Crippen molar-refractivity contribution in [3.05, 3.63) is 16.4 Å². The third-order valence-corrected chi connectivity index (χ3v) is 2.07. The first kappa shape index (κ1) is 7.61. The van der Waals surface area contributed by atoms with Crippen LogP contribution in [-0.2, 0) is 13.5 Å². The molecular formula is C7H11ClN2. The molecule has 10 heavy (non-hydrogen) atoms. The smallest absolute Gasteiger partial charge is 0.154 e. The fourth-order valence-corrected chi connectivity index (χ4v) is 1.40. The number of aryl methyl sites for hydroxylation is 1. The Labute approximate surface area is 65.8 Å². The van der Waals surface area contributed by atoms with Gasteiger partial charge < -0.3 is 0 Å². The van der Waals surface area contributed by atoms with E-state index < -0.39 is 0 Å². The Balaban J connectivity index is 3.20. The minimum Gasteiger partial charge on any atom is -0.271 e. The van der Waals surface area contributed by atoms with Crippen molar-refractivity contribution in [1.82, 2.24) is 9.78 Å². The van der Waals surface area contributed by atoms with Gasteiger partial charge in [-0.15, -0.1) is 0 Å². The highest BCUT2D eigenvalue weighted by Crippen LogP contribution is 2.17. The standard InChI is InChI=1S/C7H11ClN2/c1-4-6-5(2)10(3)9-7(6)8/h4H2,1-3H3. The molecule has 0 aliphatic rings. The Hall–Kier alpha value is -0.500. The van der Waals surface area contributed by atoms with Gasteiger partial charge in [-0.25, -0.2) is 0 Å². The lowest BCUT2D eigenvalue weighted by Gasteiger charge is -1.93. The first-order valence-electron chi connectivity index (χ1n) is 3.34. The molecule has 0 atom stereocenters. The van der Waals surface area contributed by atoms with E-state index in [0.29, 0.717) is 5.15 Å². The molecule has 0 aliphatic carbocycles. The van der Waals surface area contributed by atoms with Gasteiger partial charge in [0.05, 0.1) is 0 Å². The first-order chi connectivity index (χ1) is 4.66. The van der Waals surface area contributed by atoms with Crippen molar-refractivity contribution in [1.29, 1.82) is 0 Å². The van der Waals surface area contributed by atoms with Crippen LogP contribution < -0.4 is 0 Å². The minimum absolute atomic E-state index is 0.641. The van der Waals surface area contributed by atoms with Gasteiger partial charge in [0.25, 0.3) is 0 Å². The van der Waals surface area contributed by atoms with Crippen LogP contribution in [0.15, 0.2) is 0 Å². The van der Waals surface area contributed by atoms with Crippen molar-refractivity contribution in [2.75, 3.05) is 0 Å². The second kappa shape index (κ2) is 2.62. The number of nitrogens with zero attached hydrogens (tertiary/aromatic N) is 2. The van der Waals surface area contributed by atoms with Crippen molar-refractivity contribution < 1.29 is 0 Å². The van der Waals surface area contributed by atoms with Crippen LogP contribution in [0.2, 0.25) is 5.15 Å². The lowest BCUT2D eigenvalue weighted by atomic mass is 10.2. The van der Waals surface area contributed by atoms with E-state index in [1.54, 1.807) is 4.68 Å². The van der Waals surface area contributed by atoms with E-state index in [1.807, 2.05) is 14.0 Å². The van der Waals surface area contributed by atoms with Gasteiger partial charge in [-0.05, 0) is 13.3 Å². The van der Waals surface area contributed by atoms with E-state index in [-0.39, 0.29) is 0 Å². The molecule has 0 N–H and O–H groups in total. The van der Waals surface area contributed by atoms with Crippen LogP contribution in [0.5, 0.6) is 0 Å². The average Bonchev–Trinajstić information content (AvgIpc) is 2.09. The predicted molar refractivity (Wildman–Crippen MR) is 42.3 cm³/mol. The van der Waals surface area contributed by atoms with Crippen LogP contribution in [0.3, 0.4) is 0 Å². The molecule has 1 aromatic rings. The average molecular weight is 159 g/mol. The molecule has 1 rings (SSSR count). The number of hydrogen-bond donors (Lipinski definition) is 0. The second-order valence-electron chi connectivity index (χ2n) is 2.33. The number of aromatic nitrogens is 2. The van der Waals surface area contributed by atoms with Crippen LogP contribution in [0.4, 0.5) is 0 Å². The Kier molecular flexibility index (Phi) is 2.00. The summed E-state index contributed by atoms with van der Waals surface area (Å²) in [4.78, 5) is 0. The second-order valence-corrected chi connectivity index (χ2v) is 2.69. The monoisotopic (exact) mass is 158 g/mol. The predicted octanol–water partition coefficient (Wildman–Crippen LogP) is 1.94. The van der Waals surface area contributed by atoms with E-state index in [1.165, 1.54) is 0 Å². The molecule has 0 spiro atoms. The Morgan fingerprint density at radius 1 is 1.60 bits per heavy atom. The molecule has 3 heteroatoms. The molecule has 0 amide bonds. The maximum absolute atomic E-state index is 5.82. The van der Waals surface area contributed by atoms with Crippen molar-refractivity contribution >= 4 is 11.6 Å². The van der Waals surface area contributed by atoms with Gasteiger partial charge in [-0.2, -0.15) is 5.10 Å². The number of rotatable bonds is 1. The summed E-state index contributed by atoms with van der Waals surface area (Å²) < 4.78 is 1.81. The lowest BCUT2D eigenvalue weighted by molar-refractivity contribution is 0.738. The van der Waals surface area contributed by atoms with Gasteiger partial charge in [0.15, 0.2) is 5.15 Å². The third-order valence-electron chi connectivity index (χ3n) is 1.76. The maximum Gasteiger partial charge on any atom is 0.154 e. The Bertz CT molecular complexity index is 240. The quantitative estimate of drug-likeness (QED) is 0.611. The van der Waals surface area contributed by atoms with E-state index in [9.17, 15) is 0 Å². The lowest BCUT2D eigenvalue weighted by Crippen LogP contribution is -1.93. The molecule has 0 radical (unpaired) electrons. The van der Waals surface area contributed by atoms with Gasteiger partial charge in [0, 0.05) is 18.3 Å². The van der Waals surface area contributed by atoms with E-state index in [2.05, 4.69) is 12.0 Å². The van der Waals surface area contributed by atoms with Crippen LogP contribution in [0, 0.1) is 6.92 Å². The van der Waals surface area contributed by atoms with Gasteiger partial charge in [0.1, 0.15) is 0 Å². The molecule has 0 bridgehead atoms. The van der Waals surface area contributed by atoms with Crippen LogP contribution >= 0.6 is 11.6 Å². The Morgan fingerprint density at radius 3 is 2.40 bits per heavy atom. The summed E-state index contributed by atoms with van der Waals surface area (Å²) in [5.41, 5.74) is 2.32. The van der Waals surface area contributed by atoms with Crippen LogP contribution in [-0.4, -0.2) is 9.78 Å². The topological polar surface area (TPSA) is 17.8 Å². The minimum atomic E-state index is 0.641. The van der Waals surface area contributed by atoms with Gasteiger partial charge >= 0.3 is 0 Å². The van der Waals surface area contributed by atoms with Crippen LogP contribution in [0.1, 0.15) is 18.2 Å². The van der Waals surface area contributed by atoms with Crippen molar-refractivity contribution in [2.45, 2.75) is 20.3 Å². The third kappa shape index (κ3) is 1.03. The largest absolute Gasteiger partial charge is 0.271 e. The van der Waals surface area contributed by atoms with Crippen molar-refractivity contribution in [3.8, 4) is 0 Å². The first-order valence-corrected chi connectivity index (χ1v) is 3.72. The van der Waals surface area contributed by atoms with Crippen LogP contribution in [0.25, 0.3) is 0 Å². The summed E-state index contributed by atoms with van der Waals surface area (Å²) in [5.74, 6) is 0. The fourth-order valence-electron chi connectivity index (χ4n) is 1.01. The summed E-state index contributed by atoms with van der Waals surface area (Å²) in [6.45, 7) is 4.10. The molecule has 56 valence electrons. The number of halogens is 1. The highest BCUT2D eigenvalue weighted by Gasteiger charge is 2.07. The molecule has 0 fully saturated rings. The summed E-state index contributed by atoms with van der Waals surface area (Å²) in [5, 5.41) is 4.70. The highest BCUT2D eigenvalue weighted by molar-refractivity contribution is 6.30. The molecule has 0 saturated heterocycles. The molecule has 1 heterocycles. The van der Waals surface area contributed by atoms with Gasteiger partial charge in [0.2, 0.25) is 0 Å². The van der Waals surface area contributed by atoms with E-state index in [0.717, 1.165) is 17.7 Å². The van der Waals surface area contributed by atoms with Crippen molar-refractivity contribution in [3.63, 3.8) is 0 Å². The zero-order valence-electron chi connectivity index (χ0n) is 6.48. The highest BCUT2D eigenvalue weighted by atomic mass is 35.5. The molecule has 1 aromatic heterocycles.